The van der Waals surface area contributed by atoms with E-state index in [0.29, 0.717) is 25.8 Å². The molecular formula is C37H60N4O14. The number of rotatable bonds is 17. The summed E-state index contributed by atoms with van der Waals surface area (Å²) >= 11 is 0. The molecule has 0 amide bonds. The molecule has 11 atom stereocenters. The molecule has 3 heterocycles. The minimum absolute atomic E-state index is 0.0188. The van der Waals surface area contributed by atoms with Crippen molar-refractivity contribution in [1.82, 2.24) is 5.32 Å². The van der Waals surface area contributed by atoms with Gasteiger partial charge in [0.25, 0.3) is 0 Å². The number of aliphatic hydroxyl groups is 6. The summed E-state index contributed by atoms with van der Waals surface area (Å²) in [5, 5.41) is 76.8. The van der Waals surface area contributed by atoms with Gasteiger partial charge in [0.2, 0.25) is 12.1 Å². The molecule has 10 N–H and O–H groups in total. The van der Waals surface area contributed by atoms with Gasteiger partial charge in [-0.25, -0.2) is 4.79 Å². The first-order valence-electron chi connectivity index (χ1n) is 19.2. The Morgan fingerprint density at radius 3 is 2.49 bits per heavy atom. The number of nitrogens with zero attached hydrogens (tertiary/aromatic N) is 1. The van der Waals surface area contributed by atoms with E-state index in [2.05, 4.69) is 16.9 Å². The van der Waals surface area contributed by atoms with E-state index in [4.69, 9.17) is 29.4 Å². The molecule has 0 aromatic heterocycles. The normalized spacial score (nSPS) is 34.5. The molecule has 3 fully saturated rings. The number of piperidine rings is 1. The number of guanidine groups is 1. The number of quaternary nitrogens is 1. The van der Waals surface area contributed by atoms with E-state index in [1.54, 1.807) is 26.0 Å². The lowest BCUT2D eigenvalue weighted by Gasteiger charge is -2.48. The summed E-state index contributed by atoms with van der Waals surface area (Å²) in [4.78, 5) is 31.4. The summed E-state index contributed by atoms with van der Waals surface area (Å²) in [5.74, 6) is -8.23. The van der Waals surface area contributed by atoms with Gasteiger partial charge in [-0.15, -0.1) is 6.58 Å². The molecule has 18 nitrogen and oxygen atoms in total. The number of aliphatic carboxylic acids is 1. The topological polar surface area (TPSA) is 280 Å². The van der Waals surface area contributed by atoms with Crippen LogP contribution in [-0.4, -0.2) is 149 Å². The molecule has 2 saturated heterocycles. The molecule has 0 aromatic rings. The number of hydrogen-bond donors (Lipinski definition) is 9. The number of aliphatic imine (C=N–C) groups is 1. The highest BCUT2D eigenvalue weighted by Crippen LogP contribution is 2.39. The van der Waals surface area contributed by atoms with Crippen LogP contribution in [0.15, 0.2) is 41.6 Å². The van der Waals surface area contributed by atoms with Crippen LogP contribution in [0, 0.1) is 23.7 Å². The number of nitrogens with two attached hydrogens (primary N) is 1. The predicted octanol–water partition coefficient (Wildman–Crippen LogP) is -3.83. The smallest absolute Gasteiger partial charge is 0.338 e. The van der Waals surface area contributed by atoms with E-state index < -0.39 is 91.0 Å². The van der Waals surface area contributed by atoms with Crippen molar-refractivity contribution >= 4 is 17.9 Å². The first-order chi connectivity index (χ1) is 26.2. The fourth-order valence-corrected chi connectivity index (χ4v) is 7.70. The Hall–Kier alpha value is -3.17. The number of ether oxygens (including phenoxy) is 5. The molecule has 4 rings (SSSR count). The highest BCUT2D eigenvalue weighted by atomic mass is 16.8. The van der Waals surface area contributed by atoms with E-state index in [0.717, 1.165) is 24.2 Å². The number of esters is 1. The number of carbonyl (C=O) groups is 2. The molecule has 0 radical (unpaired) electrons. The Morgan fingerprint density at radius 1 is 1.15 bits per heavy atom. The van der Waals surface area contributed by atoms with Crippen LogP contribution < -0.4 is 21.1 Å². The second-order valence-corrected chi connectivity index (χ2v) is 14.9. The summed E-state index contributed by atoms with van der Waals surface area (Å²) < 4.78 is 29.6. The van der Waals surface area contributed by atoms with Crippen molar-refractivity contribution in [2.24, 2.45) is 34.4 Å². The lowest BCUT2D eigenvalue weighted by atomic mass is 9.79. The van der Waals surface area contributed by atoms with Crippen molar-refractivity contribution in [3.8, 4) is 0 Å². The van der Waals surface area contributed by atoms with Crippen molar-refractivity contribution in [2.75, 3.05) is 46.0 Å². The summed E-state index contributed by atoms with van der Waals surface area (Å²) in [6.45, 7) is 7.14. The van der Waals surface area contributed by atoms with Gasteiger partial charge in [0.05, 0.1) is 68.1 Å². The Labute approximate surface area is 321 Å². The van der Waals surface area contributed by atoms with Crippen molar-refractivity contribution in [1.29, 1.82) is 0 Å². The number of aliphatic hydroxyl groups excluding tert-OH is 4. The van der Waals surface area contributed by atoms with Crippen LogP contribution >= 0.6 is 0 Å². The van der Waals surface area contributed by atoms with Crippen LogP contribution in [0.1, 0.15) is 52.4 Å². The zero-order valence-corrected chi connectivity index (χ0v) is 31.6. The van der Waals surface area contributed by atoms with Gasteiger partial charge in [0.15, 0.2) is 18.4 Å². The maximum absolute atomic E-state index is 13.8. The standard InChI is InChI=1S/C37H60N4O14/c1-4-24-25(12-11-22-17-41(14-16-43)18-26(32(46)47)29(22)40-36(38)39-13-8-15-42)27(33(48)53-23-9-6-5-7-10-23)20-51-34(24)55-35-31(52-21(2)3)37(49,50)30(45)28(19-44)54-35/h4,11-12,20-26,28-31,34-35,42-45,49-50H,1,5-10,13-19H2,2-3H3,(H,46,47)(H3,38,39,40). The molecule has 0 aromatic carbocycles. The van der Waals surface area contributed by atoms with E-state index in [-0.39, 0.29) is 50.5 Å². The fraction of sp³-hybridized carbons (Fsp3) is 0.757. The van der Waals surface area contributed by atoms with Crippen LogP contribution in [0.2, 0.25) is 0 Å². The molecule has 1 aliphatic carbocycles. The predicted molar refractivity (Wildman–Crippen MR) is 192 cm³/mol. The lowest BCUT2D eigenvalue weighted by molar-refractivity contribution is -0.911. The van der Waals surface area contributed by atoms with Gasteiger partial charge in [-0.05, 0) is 46.0 Å². The lowest BCUT2D eigenvalue weighted by Crippen LogP contribution is -3.16. The van der Waals surface area contributed by atoms with Gasteiger partial charge in [-0.2, -0.15) is 0 Å². The van der Waals surface area contributed by atoms with Gasteiger partial charge in [-0.1, -0.05) is 24.6 Å². The minimum Gasteiger partial charge on any atom is -0.550 e. The summed E-state index contributed by atoms with van der Waals surface area (Å²) in [6, 6.07) is -0.814. The van der Waals surface area contributed by atoms with Crippen LogP contribution in [0.4, 0.5) is 0 Å². The van der Waals surface area contributed by atoms with Crippen molar-refractivity contribution in [2.45, 2.75) is 107 Å². The summed E-state index contributed by atoms with van der Waals surface area (Å²) in [7, 11) is 0. The molecule has 0 spiro atoms. The van der Waals surface area contributed by atoms with Crippen molar-refractivity contribution < 1.29 is 73.9 Å². The number of nitrogens with one attached hydrogen (secondary N) is 2. The second-order valence-electron chi connectivity index (χ2n) is 14.9. The third-order valence-corrected chi connectivity index (χ3v) is 10.6. The molecule has 11 unspecified atom stereocenters. The molecule has 18 heteroatoms. The maximum Gasteiger partial charge on any atom is 0.338 e. The number of allylic oxidation sites excluding steroid dienone is 1. The fourth-order valence-electron chi connectivity index (χ4n) is 7.70. The molecular weight excluding hydrogens is 724 g/mol. The number of carbonyl (C=O) groups excluding carboxylic acids is 2. The Balaban J connectivity index is 1.72. The zero-order chi connectivity index (χ0) is 40.3. The van der Waals surface area contributed by atoms with E-state index in [9.17, 15) is 45.3 Å². The largest absolute Gasteiger partial charge is 0.550 e. The first-order valence-corrected chi connectivity index (χ1v) is 19.2. The average molecular weight is 785 g/mol. The van der Waals surface area contributed by atoms with Gasteiger partial charge in [-0.3, -0.25) is 4.99 Å². The molecule has 0 bridgehead atoms. The molecule has 1 saturated carbocycles. The highest BCUT2D eigenvalue weighted by molar-refractivity contribution is 5.89. The quantitative estimate of drug-likeness (QED) is 0.0171. The Kier molecular flexibility index (Phi) is 16.9. The molecule has 4 aliphatic rings. The van der Waals surface area contributed by atoms with Crippen molar-refractivity contribution in [3.05, 3.63) is 36.6 Å². The maximum atomic E-state index is 13.8. The number of carboxylic acids is 1. The first kappa shape index (κ1) is 44.5. The van der Waals surface area contributed by atoms with Crippen LogP contribution in [0.5, 0.6) is 0 Å². The number of hydrogen-bond acceptors (Lipinski definition) is 15. The molecule has 55 heavy (non-hydrogen) atoms. The second kappa shape index (κ2) is 20.8. The van der Waals surface area contributed by atoms with Gasteiger partial charge in [0, 0.05) is 25.0 Å². The van der Waals surface area contributed by atoms with E-state index in [1.165, 1.54) is 12.3 Å². The summed E-state index contributed by atoms with van der Waals surface area (Å²) in [5.41, 5.74) is 6.28. The Bertz CT molecular complexity index is 1350. The van der Waals surface area contributed by atoms with E-state index >= 15 is 0 Å². The van der Waals surface area contributed by atoms with Crippen molar-refractivity contribution in [3.63, 3.8) is 0 Å². The van der Waals surface area contributed by atoms with Gasteiger partial charge < -0.3 is 80.2 Å². The Morgan fingerprint density at radius 2 is 1.87 bits per heavy atom. The van der Waals surface area contributed by atoms with Gasteiger partial charge >= 0.3 is 5.97 Å². The molecule has 312 valence electrons. The third-order valence-electron chi connectivity index (χ3n) is 10.6. The van der Waals surface area contributed by atoms with Crippen LogP contribution in [0.3, 0.4) is 0 Å². The van der Waals surface area contributed by atoms with Crippen LogP contribution in [0.25, 0.3) is 0 Å². The highest BCUT2D eigenvalue weighted by Gasteiger charge is 2.57. The third kappa shape index (κ3) is 11.5. The van der Waals surface area contributed by atoms with Gasteiger partial charge in [0.1, 0.15) is 24.9 Å². The number of likely N-dealkylation sites (tertiary alicyclic amines) is 1. The zero-order valence-electron chi connectivity index (χ0n) is 31.6. The summed E-state index contributed by atoms with van der Waals surface area (Å²) in [6.07, 6.45) is 1.92. The van der Waals surface area contributed by atoms with E-state index in [1.807, 2.05) is 0 Å². The molecule has 3 aliphatic heterocycles. The monoisotopic (exact) mass is 784 g/mol. The van der Waals surface area contributed by atoms with Crippen LogP contribution in [-0.2, 0) is 33.3 Å². The SMILES string of the molecule is C=CC1C(OC2OC(CO)C(O)C(O)(O)C2OC(C)C)OC=C(C(=O)OC2CCCCC2)C1C=CC1C[NH+](CCO)CC(C(=O)[O-])C1NC(N)=NCCCO. The minimum atomic E-state index is -2.91. The average Bonchev–Trinajstić information content (AvgIpc) is 3.14. The number of carboxylic acid groups (broad SMARTS) is 1.